The highest BCUT2D eigenvalue weighted by atomic mass is 15.1. The van der Waals surface area contributed by atoms with Crippen LogP contribution in [0.1, 0.15) is 39.0 Å². The molecule has 0 aromatic carbocycles. The molecule has 1 aliphatic rings. The highest BCUT2D eigenvalue weighted by Crippen LogP contribution is 2.09. The standard InChI is InChI=1S/C11H24N2/c1-2-12-8-7-11-13-9-5-3-4-6-10-13/h12H,2-11H2,1H3. The summed E-state index contributed by atoms with van der Waals surface area (Å²) < 4.78 is 0. The number of nitrogens with one attached hydrogen (secondary N) is 1. The molecule has 0 saturated carbocycles. The van der Waals surface area contributed by atoms with Crippen LogP contribution in [-0.2, 0) is 0 Å². The Bertz CT molecular complexity index is 107. The lowest BCUT2D eigenvalue weighted by Gasteiger charge is -2.19. The first-order valence-electron chi connectivity index (χ1n) is 5.86. The monoisotopic (exact) mass is 184 g/mol. The summed E-state index contributed by atoms with van der Waals surface area (Å²) in [4.78, 5) is 2.63. The van der Waals surface area contributed by atoms with Crippen LogP contribution in [0.5, 0.6) is 0 Å². The van der Waals surface area contributed by atoms with Crippen LogP contribution in [-0.4, -0.2) is 37.6 Å². The van der Waals surface area contributed by atoms with Gasteiger partial charge in [0, 0.05) is 0 Å². The van der Waals surface area contributed by atoms with Crippen LogP contribution in [0.2, 0.25) is 0 Å². The molecule has 1 fully saturated rings. The molecular formula is C11H24N2. The largest absolute Gasteiger partial charge is 0.317 e. The fraction of sp³-hybridized carbons (Fsp3) is 1.00. The third-order valence-corrected chi connectivity index (χ3v) is 2.78. The van der Waals surface area contributed by atoms with E-state index in [2.05, 4.69) is 17.1 Å². The Hall–Kier alpha value is -0.0800. The molecule has 0 spiro atoms. The lowest BCUT2D eigenvalue weighted by molar-refractivity contribution is 0.280. The maximum Gasteiger partial charge on any atom is -0.000664 e. The van der Waals surface area contributed by atoms with E-state index in [-0.39, 0.29) is 0 Å². The average Bonchev–Trinajstić information content (AvgIpc) is 2.41. The maximum atomic E-state index is 3.38. The Morgan fingerprint density at radius 1 is 1.08 bits per heavy atom. The fourth-order valence-corrected chi connectivity index (χ4v) is 1.96. The quantitative estimate of drug-likeness (QED) is 0.656. The molecule has 0 radical (unpaired) electrons. The highest BCUT2D eigenvalue weighted by Gasteiger charge is 2.07. The van der Waals surface area contributed by atoms with Gasteiger partial charge in [-0.25, -0.2) is 0 Å². The van der Waals surface area contributed by atoms with E-state index < -0.39 is 0 Å². The van der Waals surface area contributed by atoms with Gasteiger partial charge < -0.3 is 10.2 Å². The van der Waals surface area contributed by atoms with Crippen LogP contribution >= 0.6 is 0 Å². The van der Waals surface area contributed by atoms with Gasteiger partial charge in [-0.05, 0) is 52.0 Å². The van der Waals surface area contributed by atoms with Gasteiger partial charge in [0.1, 0.15) is 0 Å². The molecule has 78 valence electrons. The Morgan fingerprint density at radius 3 is 2.38 bits per heavy atom. The van der Waals surface area contributed by atoms with Gasteiger partial charge in [0.05, 0.1) is 0 Å². The molecule has 13 heavy (non-hydrogen) atoms. The minimum absolute atomic E-state index is 1.11. The Kier molecular flexibility index (Phi) is 6.21. The molecule has 0 unspecified atom stereocenters. The van der Waals surface area contributed by atoms with Crippen molar-refractivity contribution in [3.8, 4) is 0 Å². The van der Waals surface area contributed by atoms with E-state index in [4.69, 9.17) is 0 Å². The van der Waals surface area contributed by atoms with Crippen molar-refractivity contribution in [1.29, 1.82) is 0 Å². The predicted octanol–water partition coefficient (Wildman–Crippen LogP) is 1.86. The zero-order valence-corrected chi connectivity index (χ0v) is 9.02. The highest BCUT2D eigenvalue weighted by molar-refractivity contribution is 4.63. The van der Waals surface area contributed by atoms with E-state index in [0.717, 1.165) is 6.54 Å². The van der Waals surface area contributed by atoms with Crippen molar-refractivity contribution in [3.63, 3.8) is 0 Å². The molecule has 0 atom stereocenters. The van der Waals surface area contributed by atoms with Crippen LogP contribution in [0.4, 0.5) is 0 Å². The van der Waals surface area contributed by atoms with Crippen LogP contribution < -0.4 is 5.32 Å². The third-order valence-electron chi connectivity index (χ3n) is 2.78. The van der Waals surface area contributed by atoms with Crippen LogP contribution in [0.25, 0.3) is 0 Å². The number of hydrogen-bond acceptors (Lipinski definition) is 2. The molecule has 2 heteroatoms. The zero-order valence-electron chi connectivity index (χ0n) is 9.02. The number of rotatable bonds is 5. The van der Waals surface area contributed by atoms with Gasteiger partial charge in [-0.15, -0.1) is 0 Å². The third kappa shape index (κ3) is 5.27. The lowest BCUT2D eigenvalue weighted by Crippen LogP contribution is -2.28. The van der Waals surface area contributed by atoms with Crippen LogP contribution in [0, 0.1) is 0 Å². The number of likely N-dealkylation sites (tertiary alicyclic amines) is 1. The molecule has 1 aliphatic heterocycles. The van der Waals surface area contributed by atoms with E-state index in [1.807, 2.05) is 0 Å². The molecule has 0 aromatic heterocycles. The minimum atomic E-state index is 1.11. The second-order valence-corrected chi connectivity index (χ2v) is 3.96. The summed E-state index contributed by atoms with van der Waals surface area (Å²) in [5, 5.41) is 3.38. The molecular weight excluding hydrogens is 160 g/mol. The predicted molar refractivity (Wildman–Crippen MR) is 58.1 cm³/mol. The normalized spacial score (nSPS) is 20.1. The second-order valence-electron chi connectivity index (χ2n) is 3.96. The first kappa shape index (κ1) is 11.0. The Morgan fingerprint density at radius 2 is 1.77 bits per heavy atom. The molecule has 0 aliphatic carbocycles. The van der Waals surface area contributed by atoms with Gasteiger partial charge in [0.25, 0.3) is 0 Å². The van der Waals surface area contributed by atoms with Crippen LogP contribution in [0.3, 0.4) is 0 Å². The van der Waals surface area contributed by atoms with Gasteiger partial charge in [-0.2, -0.15) is 0 Å². The molecule has 0 amide bonds. The van der Waals surface area contributed by atoms with E-state index in [1.165, 1.54) is 58.3 Å². The summed E-state index contributed by atoms with van der Waals surface area (Å²) >= 11 is 0. The topological polar surface area (TPSA) is 15.3 Å². The molecule has 0 bridgehead atoms. The first-order valence-corrected chi connectivity index (χ1v) is 5.86. The lowest BCUT2D eigenvalue weighted by atomic mass is 10.2. The Labute approximate surface area is 82.7 Å². The van der Waals surface area contributed by atoms with E-state index in [1.54, 1.807) is 0 Å². The van der Waals surface area contributed by atoms with Crippen molar-refractivity contribution < 1.29 is 0 Å². The summed E-state index contributed by atoms with van der Waals surface area (Å²) in [5.74, 6) is 0. The summed E-state index contributed by atoms with van der Waals surface area (Å²) in [6.45, 7) is 8.45. The van der Waals surface area contributed by atoms with Gasteiger partial charge in [-0.1, -0.05) is 19.8 Å². The number of nitrogens with zero attached hydrogens (tertiary/aromatic N) is 1. The molecule has 1 saturated heterocycles. The second kappa shape index (κ2) is 7.34. The average molecular weight is 184 g/mol. The van der Waals surface area contributed by atoms with Gasteiger partial charge in [-0.3, -0.25) is 0 Å². The fourth-order valence-electron chi connectivity index (χ4n) is 1.96. The molecule has 0 aromatic rings. The number of hydrogen-bond donors (Lipinski definition) is 1. The van der Waals surface area contributed by atoms with Crippen molar-refractivity contribution in [2.24, 2.45) is 0 Å². The Balaban J connectivity index is 1.98. The van der Waals surface area contributed by atoms with E-state index >= 15 is 0 Å². The summed E-state index contributed by atoms with van der Waals surface area (Å²) in [6.07, 6.45) is 7.05. The smallest absolute Gasteiger partial charge is 0.000664 e. The van der Waals surface area contributed by atoms with Crippen molar-refractivity contribution >= 4 is 0 Å². The summed E-state index contributed by atoms with van der Waals surface area (Å²) in [5.41, 5.74) is 0. The minimum Gasteiger partial charge on any atom is -0.317 e. The van der Waals surface area contributed by atoms with Gasteiger partial charge in [0.15, 0.2) is 0 Å². The van der Waals surface area contributed by atoms with Crippen LogP contribution in [0.15, 0.2) is 0 Å². The first-order chi connectivity index (χ1) is 6.43. The molecule has 1 N–H and O–H groups in total. The van der Waals surface area contributed by atoms with Crippen molar-refractivity contribution in [3.05, 3.63) is 0 Å². The van der Waals surface area contributed by atoms with Crippen molar-refractivity contribution in [1.82, 2.24) is 10.2 Å². The van der Waals surface area contributed by atoms with E-state index in [9.17, 15) is 0 Å². The molecule has 1 heterocycles. The van der Waals surface area contributed by atoms with E-state index in [0.29, 0.717) is 0 Å². The molecule has 2 nitrogen and oxygen atoms in total. The van der Waals surface area contributed by atoms with Crippen molar-refractivity contribution in [2.75, 3.05) is 32.7 Å². The summed E-state index contributed by atoms with van der Waals surface area (Å²) in [6, 6.07) is 0. The maximum absolute atomic E-state index is 3.38. The van der Waals surface area contributed by atoms with Gasteiger partial charge >= 0.3 is 0 Å². The van der Waals surface area contributed by atoms with Gasteiger partial charge in [0.2, 0.25) is 0 Å². The zero-order chi connectivity index (χ0) is 9.36. The van der Waals surface area contributed by atoms with Crippen molar-refractivity contribution in [2.45, 2.75) is 39.0 Å². The SMILES string of the molecule is CCNCCCN1CCCCCC1. The molecule has 1 rings (SSSR count). The summed E-state index contributed by atoms with van der Waals surface area (Å²) in [7, 11) is 0.